The Morgan fingerprint density at radius 3 is 2.42 bits per heavy atom. The van der Waals surface area contributed by atoms with Crippen LogP contribution in [0.3, 0.4) is 0 Å². The molecule has 1 saturated heterocycles. The summed E-state index contributed by atoms with van der Waals surface area (Å²) < 4.78 is 38.9. The summed E-state index contributed by atoms with van der Waals surface area (Å²) >= 11 is 0.665. The third-order valence-electron chi connectivity index (χ3n) is 3.11. The molecule has 1 fully saturated rings. The lowest BCUT2D eigenvalue weighted by molar-refractivity contribution is -0.205. The Labute approximate surface area is 142 Å². The second-order valence-electron chi connectivity index (χ2n) is 5.19. The van der Waals surface area contributed by atoms with Crippen LogP contribution in [0.15, 0.2) is 5.16 Å². The summed E-state index contributed by atoms with van der Waals surface area (Å²) in [5.74, 6) is 0. The fraction of sp³-hybridized carbons (Fsp3) is 0.909. The van der Waals surface area contributed by atoms with Crippen LogP contribution in [0.2, 0.25) is 0 Å². The second kappa shape index (κ2) is 9.26. The fourth-order valence-corrected chi connectivity index (χ4v) is 3.16. The molecule has 6 N–H and O–H groups in total. The van der Waals surface area contributed by atoms with E-state index in [0.29, 0.717) is 11.8 Å². The average molecular weight is 391 g/mol. The summed E-state index contributed by atoms with van der Waals surface area (Å²) in [6, 6.07) is 0. The Hall–Kier alpha value is -0.510. The molecular formula is C11H21NO10S2. The number of nitrogens with zero attached hydrogens (tertiary/aromatic N) is 1. The lowest BCUT2D eigenvalue weighted by atomic mass is 10.0. The van der Waals surface area contributed by atoms with Crippen molar-refractivity contribution in [3.63, 3.8) is 0 Å². The molecule has 11 nitrogen and oxygen atoms in total. The second-order valence-corrected chi connectivity index (χ2v) is 7.37. The number of thioether (sulfide) groups is 1. The standard InChI is InChI=1S/C11H21NO10S2/c1-5(14)2-3-7(12-22-24(18,19)20)23-11-10(17)9(16)8(15)6(4-13)21-11/h5-6,8-11,13-17H,2-4H2,1H3,(H,18,19,20)/b12-7+/t5-,6+,8+,9-,10+,11+/m1/s1. The van der Waals surface area contributed by atoms with Crippen LogP contribution < -0.4 is 0 Å². The summed E-state index contributed by atoms with van der Waals surface area (Å²) in [4.78, 5) is 0. The smallest absolute Gasteiger partial charge is 0.394 e. The maximum atomic E-state index is 10.6. The van der Waals surface area contributed by atoms with Crippen molar-refractivity contribution in [3.05, 3.63) is 0 Å². The molecule has 0 saturated carbocycles. The van der Waals surface area contributed by atoms with E-state index < -0.39 is 53.0 Å². The van der Waals surface area contributed by atoms with Crippen LogP contribution >= 0.6 is 11.8 Å². The van der Waals surface area contributed by atoms with Crippen molar-refractivity contribution in [3.8, 4) is 0 Å². The van der Waals surface area contributed by atoms with Crippen molar-refractivity contribution >= 4 is 27.2 Å². The number of ether oxygens (including phenoxy) is 1. The quantitative estimate of drug-likeness (QED) is 0.120. The van der Waals surface area contributed by atoms with E-state index in [4.69, 9.17) is 14.4 Å². The van der Waals surface area contributed by atoms with Crippen LogP contribution in [0, 0.1) is 0 Å². The minimum absolute atomic E-state index is 0.0207. The molecule has 0 aromatic heterocycles. The minimum Gasteiger partial charge on any atom is -0.394 e. The largest absolute Gasteiger partial charge is 0.466 e. The average Bonchev–Trinajstić information content (AvgIpc) is 2.49. The van der Waals surface area contributed by atoms with Crippen LogP contribution in [0.4, 0.5) is 0 Å². The van der Waals surface area contributed by atoms with Gasteiger partial charge in [0.15, 0.2) is 0 Å². The van der Waals surface area contributed by atoms with Crippen molar-refractivity contribution in [2.75, 3.05) is 6.61 Å². The molecule has 1 aliphatic heterocycles. The summed E-state index contributed by atoms with van der Waals surface area (Å²) in [6.45, 7) is 0.865. The first-order valence-corrected chi connectivity index (χ1v) is 9.17. The van der Waals surface area contributed by atoms with Crippen molar-refractivity contribution in [2.24, 2.45) is 5.16 Å². The Morgan fingerprint density at radius 2 is 1.92 bits per heavy atom. The van der Waals surface area contributed by atoms with Crippen molar-refractivity contribution < 1.29 is 47.5 Å². The van der Waals surface area contributed by atoms with Crippen LogP contribution in [-0.4, -0.2) is 86.1 Å². The molecule has 0 bridgehead atoms. The number of oxime groups is 1. The molecule has 0 aromatic rings. The van der Waals surface area contributed by atoms with Gasteiger partial charge in [-0.25, -0.2) is 4.28 Å². The number of aliphatic hydroxyl groups is 5. The molecule has 0 amide bonds. The maximum Gasteiger partial charge on any atom is 0.466 e. The van der Waals surface area contributed by atoms with E-state index in [2.05, 4.69) is 9.44 Å². The third-order valence-corrected chi connectivity index (χ3v) is 4.55. The lowest BCUT2D eigenvalue weighted by Crippen LogP contribution is -2.57. The summed E-state index contributed by atoms with van der Waals surface area (Å²) in [6.07, 6.45) is -6.39. The zero-order chi connectivity index (χ0) is 18.5. The van der Waals surface area contributed by atoms with Crippen molar-refractivity contribution in [2.45, 2.75) is 55.7 Å². The van der Waals surface area contributed by atoms with Crippen LogP contribution in [0.25, 0.3) is 0 Å². The van der Waals surface area contributed by atoms with Gasteiger partial charge in [-0.15, -0.1) is 0 Å². The molecule has 0 unspecified atom stereocenters. The van der Waals surface area contributed by atoms with E-state index in [1.807, 2.05) is 0 Å². The van der Waals surface area contributed by atoms with Gasteiger partial charge >= 0.3 is 10.4 Å². The highest BCUT2D eigenvalue weighted by molar-refractivity contribution is 8.14. The first-order valence-electron chi connectivity index (χ1n) is 6.93. The van der Waals surface area contributed by atoms with E-state index in [1.165, 1.54) is 6.92 Å². The fourth-order valence-electron chi connectivity index (χ4n) is 1.85. The van der Waals surface area contributed by atoms with Gasteiger partial charge in [-0.2, -0.15) is 8.42 Å². The Bertz CT molecular complexity index is 523. The van der Waals surface area contributed by atoms with E-state index in [9.17, 15) is 28.8 Å². The highest BCUT2D eigenvalue weighted by atomic mass is 32.3. The van der Waals surface area contributed by atoms with E-state index in [1.54, 1.807) is 0 Å². The Morgan fingerprint density at radius 1 is 1.29 bits per heavy atom. The van der Waals surface area contributed by atoms with Crippen molar-refractivity contribution in [1.82, 2.24) is 0 Å². The monoisotopic (exact) mass is 391 g/mol. The molecule has 0 spiro atoms. The van der Waals surface area contributed by atoms with Crippen LogP contribution in [0.1, 0.15) is 19.8 Å². The highest BCUT2D eigenvalue weighted by Gasteiger charge is 2.44. The van der Waals surface area contributed by atoms with Gasteiger partial charge in [0.05, 0.1) is 12.7 Å². The number of hydrogen-bond acceptors (Lipinski definition) is 11. The van der Waals surface area contributed by atoms with Gasteiger partial charge in [0, 0.05) is 6.42 Å². The molecule has 1 rings (SSSR count). The molecular weight excluding hydrogens is 370 g/mol. The van der Waals surface area contributed by atoms with Gasteiger partial charge in [0.1, 0.15) is 34.9 Å². The van der Waals surface area contributed by atoms with Crippen molar-refractivity contribution in [1.29, 1.82) is 0 Å². The first-order chi connectivity index (χ1) is 11.0. The topological polar surface area (TPSA) is 186 Å². The van der Waals surface area contributed by atoms with Gasteiger partial charge in [0.2, 0.25) is 0 Å². The molecule has 0 aromatic carbocycles. The van der Waals surface area contributed by atoms with E-state index in [0.717, 1.165) is 0 Å². The SMILES string of the molecule is C[C@@H](O)CC/C(=N\OS(=O)(=O)O)S[C@@H]1O[C@@H](CO)[C@H](O)[C@@H](O)[C@@H]1O. The molecule has 142 valence electrons. The van der Waals surface area contributed by atoms with Crippen LogP contribution in [-0.2, 0) is 19.4 Å². The molecule has 0 radical (unpaired) electrons. The summed E-state index contributed by atoms with van der Waals surface area (Å²) in [5, 5.41) is 50.9. The molecule has 13 heteroatoms. The van der Waals surface area contributed by atoms with Crippen LogP contribution in [0.5, 0.6) is 0 Å². The Balaban J connectivity index is 2.86. The third kappa shape index (κ3) is 6.78. The van der Waals surface area contributed by atoms with Gasteiger partial charge in [0.25, 0.3) is 0 Å². The molecule has 24 heavy (non-hydrogen) atoms. The van der Waals surface area contributed by atoms with E-state index >= 15 is 0 Å². The molecule has 1 aliphatic rings. The van der Waals surface area contributed by atoms with Gasteiger partial charge in [-0.05, 0) is 13.3 Å². The predicted octanol–water partition coefficient (Wildman–Crippen LogP) is -2.19. The zero-order valence-electron chi connectivity index (χ0n) is 12.7. The lowest BCUT2D eigenvalue weighted by Gasteiger charge is -2.39. The highest BCUT2D eigenvalue weighted by Crippen LogP contribution is 2.30. The Kier molecular flexibility index (Phi) is 8.31. The minimum atomic E-state index is -4.84. The maximum absolute atomic E-state index is 10.6. The van der Waals surface area contributed by atoms with E-state index in [-0.39, 0.29) is 17.9 Å². The molecule has 6 atom stereocenters. The number of rotatable bonds is 7. The zero-order valence-corrected chi connectivity index (χ0v) is 14.3. The normalized spacial score (nSPS) is 33.3. The predicted molar refractivity (Wildman–Crippen MR) is 82.3 cm³/mol. The summed E-state index contributed by atoms with van der Waals surface area (Å²) in [7, 11) is -4.84. The summed E-state index contributed by atoms with van der Waals surface area (Å²) in [5.41, 5.74) is -1.20. The van der Waals surface area contributed by atoms with Gasteiger partial charge in [-0.1, -0.05) is 16.9 Å². The number of hydrogen-bond donors (Lipinski definition) is 6. The molecule has 1 heterocycles. The first kappa shape index (κ1) is 21.5. The van der Waals surface area contributed by atoms with Gasteiger partial charge < -0.3 is 30.3 Å². The molecule has 0 aliphatic carbocycles. The number of aliphatic hydroxyl groups excluding tert-OH is 5. The van der Waals surface area contributed by atoms with Gasteiger partial charge in [-0.3, -0.25) is 4.55 Å².